The van der Waals surface area contributed by atoms with E-state index in [0.717, 1.165) is 17.1 Å². The van der Waals surface area contributed by atoms with Gasteiger partial charge in [-0.25, -0.2) is 0 Å². The summed E-state index contributed by atoms with van der Waals surface area (Å²) in [4.78, 5) is 0. The molecule has 3 N–H and O–H groups in total. The van der Waals surface area contributed by atoms with Crippen LogP contribution in [0.15, 0.2) is 24.3 Å². The first-order chi connectivity index (χ1) is 10.4. The lowest BCUT2D eigenvalue weighted by molar-refractivity contribution is 0.597. The van der Waals surface area contributed by atoms with Gasteiger partial charge in [-0.3, -0.25) is 9.67 Å². The second-order valence-electron chi connectivity index (χ2n) is 5.65. The molecule has 0 spiro atoms. The number of rotatable bonds is 4. The predicted molar refractivity (Wildman–Crippen MR) is 97.7 cm³/mol. The first-order valence-electron chi connectivity index (χ1n) is 7.23. The first kappa shape index (κ1) is 16.6. The minimum atomic E-state index is 0.252. The van der Waals surface area contributed by atoms with Gasteiger partial charge in [0.05, 0.1) is 0 Å². The van der Waals surface area contributed by atoms with Crippen LogP contribution >= 0.6 is 24.4 Å². The maximum absolute atomic E-state index is 5.28. The molecule has 1 aromatic heterocycles. The van der Waals surface area contributed by atoms with Crippen molar-refractivity contribution in [2.45, 2.75) is 39.8 Å². The number of aromatic amines is 1. The summed E-state index contributed by atoms with van der Waals surface area (Å²) >= 11 is 10.5. The number of hydrogen-bond donors (Lipinski definition) is 3. The normalized spacial score (nSPS) is 11.0. The van der Waals surface area contributed by atoms with E-state index in [0.29, 0.717) is 15.9 Å². The highest BCUT2D eigenvalue weighted by Crippen LogP contribution is 2.22. The van der Waals surface area contributed by atoms with Crippen molar-refractivity contribution < 1.29 is 0 Å². The summed E-state index contributed by atoms with van der Waals surface area (Å²) in [5.41, 5.74) is 1.95. The Balaban J connectivity index is 2.19. The molecule has 5 nitrogen and oxygen atoms in total. The summed E-state index contributed by atoms with van der Waals surface area (Å²) in [5.74, 6) is 0.842. The van der Waals surface area contributed by atoms with Gasteiger partial charge in [0.1, 0.15) is 0 Å². The summed E-state index contributed by atoms with van der Waals surface area (Å²) in [5, 5.41) is 14.1. The minimum Gasteiger partial charge on any atom is -0.360 e. The van der Waals surface area contributed by atoms with E-state index in [1.807, 2.05) is 42.7 Å². The monoisotopic (exact) mass is 335 g/mol. The fraction of sp³-hybridized carbons (Fsp3) is 0.400. The first-order valence-corrected chi connectivity index (χ1v) is 8.05. The third-order valence-corrected chi connectivity index (χ3v) is 3.55. The maximum Gasteiger partial charge on any atom is 0.195 e. The van der Waals surface area contributed by atoms with Crippen LogP contribution in [0.2, 0.25) is 0 Å². The highest BCUT2D eigenvalue weighted by Gasteiger charge is 2.11. The number of benzene rings is 1. The number of hydrogen-bond acceptors (Lipinski definition) is 3. The van der Waals surface area contributed by atoms with Gasteiger partial charge in [0.15, 0.2) is 15.7 Å². The summed E-state index contributed by atoms with van der Waals surface area (Å²) in [7, 11) is 0. The van der Waals surface area contributed by atoms with Crippen LogP contribution in [0, 0.1) is 4.77 Å². The minimum absolute atomic E-state index is 0.252. The van der Waals surface area contributed by atoms with Crippen molar-refractivity contribution in [2.75, 3.05) is 5.32 Å². The molecule has 0 saturated heterocycles. The van der Waals surface area contributed by atoms with Crippen molar-refractivity contribution in [3.8, 4) is 11.4 Å². The van der Waals surface area contributed by atoms with Crippen molar-refractivity contribution in [2.24, 2.45) is 0 Å². The van der Waals surface area contributed by atoms with Gasteiger partial charge in [0.2, 0.25) is 0 Å². The Bertz CT molecular complexity index is 697. The SMILES string of the molecule is CC(C)NC(=S)Nc1ccc(-c2n[nH]c(=S)n2C(C)C)cc1. The Hall–Kier alpha value is -1.73. The summed E-state index contributed by atoms with van der Waals surface area (Å²) < 4.78 is 2.64. The summed E-state index contributed by atoms with van der Waals surface area (Å²) in [6.45, 7) is 8.26. The van der Waals surface area contributed by atoms with Crippen LogP contribution in [0.4, 0.5) is 5.69 Å². The lowest BCUT2D eigenvalue weighted by Gasteiger charge is -2.14. The molecule has 2 aromatic rings. The molecule has 0 saturated carbocycles. The van der Waals surface area contributed by atoms with Gasteiger partial charge in [0.25, 0.3) is 0 Å². The van der Waals surface area contributed by atoms with E-state index in [2.05, 4.69) is 34.7 Å². The lowest BCUT2D eigenvalue weighted by Crippen LogP contribution is -2.33. The van der Waals surface area contributed by atoms with Crippen LogP contribution in [-0.2, 0) is 0 Å². The van der Waals surface area contributed by atoms with Gasteiger partial charge in [0, 0.05) is 23.3 Å². The molecule has 0 aliphatic heterocycles. The molecule has 0 aliphatic carbocycles. The maximum atomic E-state index is 5.28. The van der Waals surface area contributed by atoms with Gasteiger partial charge < -0.3 is 10.6 Å². The fourth-order valence-corrected chi connectivity index (χ4v) is 2.82. The fourth-order valence-electron chi connectivity index (χ4n) is 2.12. The van der Waals surface area contributed by atoms with Crippen LogP contribution in [0.25, 0.3) is 11.4 Å². The number of H-pyrrole nitrogens is 1. The average molecular weight is 336 g/mol. The molecule has 118 valence electrons. The molecule has 0 unspecified atom stereocenters. The van der Waals surface area contributed by atoms with E-state index in [4.69, 9.17) is 24.4 Å². The Morgan fingerprint density at radius 3 is 2.36 bits per heavy atom. The Kier molecular flexibility index (Phi) is 5.31. The van der Waals surface area contributed by atoms with E-state index in [1.165, 1.54) is 0 Å². The van der Waals surface area contributed by atoms with Crippen LogP contribution < -0.4 is 10.6 Å². The van der Waals surface area contributed by atoms with Gasteiger partial charge in [-0.2, -0.15) is 5.10 Å². The summed E-state index contributed by atoms with van der Waals surface area (Å²) in [6, 6.07) is 8.52. The van der Waals surface area contributed by atoms with Gasteiger partial charge in [-0.15, -0.1) is 0 Å². The highest BCUT2D eigenvalue weighted by molar-refractivity contribution is 7.80. The molecule has 0 bridgehead atoms. The molecular weight excluding hydrogens is 314 g/mol. The van der Waals surface area contributed by atoms with E-state index in [-0.39, 0.29) is 6.04 Å². The smallest absolute Gasteiger partial charge is 0.195 e. The Morgan fingerprint density at radius 2 is 1.82 bits per heavy atom. The van der Waals surface area contributed by atoms with Gasteiger partial charge in [-0.05, 0) is 76.4 Å². The van der Waals surface area contributed by atoms with E-state index in [9.17, 15) is 0 Å². The van der Waals surface area contributed by atoms with Crippen LogP contribution in [0.5, 0.6) is 0 Å². The molecule has 0 fully saturated rings. The van der Waals surface area contributed by atoms with Crippen molar-refractivity contribution in [1.29, 1.82) is 0 Å². The van der Waals surface area contributed by atoms with Crippen molar-refractivity contribution in [1.82, 2.24) is 20.1 Å². The molecular formula is C15H21N5S2. The predicted octanol–water partition coefficient (Wildman–Crippen LogP) is 3.88. The third-order valence-electron chi connectivity index (χ3n) is 3.04. The van der Waals surface area contributed by atoms with Crippen LogP contribution in [0.1, 0.15) is 33.7 Å². The number of nitrogens with one attached hydrogen (secondary N) is 3. The quantitative estimate of drug-likeness (QED) is 0.740. The van der Waals surface area contributed by atoms with E-state index >= 15 is 0 Å². The topological polar surface area (TPSA) is 57.7 Å². The van der Waals surface area contributed by atoms with E-state index < -0.39 is 0 Å². The summed E-state index contributed by atoms with van der Waals surface area (Å²) in [6.07, 6.45) is 0. The molecule has 22 heavy (non-hydrogen) atoms. The molecule has 7 heteroatoms. The highest BCUT2D eigenvalue weighted by atomic mass is 32.1. The van der Waals surface area contributed by atoms with Crippen LogP contribution in [-0.4, -0.2) is 25.9 Å². The van der Waals surface area contributed by atoms with Gasteiger partial charge in [-0.1, -0.05) is 0 Å². The van der Waals surface area contributed by atoms with E-state index in [1.54, 1.807) is 0 Å². The standard InChI is InChI=1S/C15H21N5S2/c1-9(2)16-14(21)17-12-7-5-11(6-8-12)13-18-19-15(22)20(13)10(3)4/h5-10H,1-4H3,(H,19,22)(H2,16,17,21). The molecule has 1 aromatic carbocycles. The molecule has 2 rings (SSSR count). The molecule has 0 amide bonds. The average Bonchev–Trinajstić information content (AvgIpc) is 2.80. The van der Waals surface area contributed by atoms with Crippen molar-refractivity contribution in [3.05, 3.63) is 29.0 Å². The zero-order valence-electron chi connectivity index (χ0n) is 13.2. The molecule has 0 atom stereocenters. The zero-order valence-corrected chi connectivity index (χ0v) is 14.8. The van der Waals surface area contributed by atoms with Gasteiger partial charge >= 0.3 is 0 Å². The Morgan fingerprint density at radius 1 is 1.18 bits per heavy atom. The van der Waals surface area contributed by atoms with Crippen LogP contribution in [0.3, 0.4) is 0 Å². The van der Waals surface area contributed by atoms with Crippen molar-refractivity contribution >= 4 is 35.2 Å². The number of thiocarbonyl (C=S) groups is 1. The second kappa shape index (κ2) is 7.02. The molecule has 0 radical (unpaired) electrons. The van der Waals surface area contributed by atoms with Crippen molar-refractivity contribution in [3.63, 3.8) is 0 Å². The zero-order chi connectivity index (χ0) is 16.3. The number of anilines is 1. The third kappa shape index (κ3) is 3.92. The second-order valence-corrected chi connectivity index (χ2v) is 6.44. The Labute approximate surface area is 141 Å². The largest absolute Gasteiger partial charge is 0.360 e. The molecule has 1 heterocycles. The molecule has 0 aliphatic rings. The number of nitrogens with zero attached hydrogens (tertiary/aromatic N) is 2. The number of aromatic nitrogens is 3. The lowest BCUT2D eigenvalue weighted by atomic mass is 10.2.